The molecular formula is C15H28O3. The number of unbranched alkanes of at least 4 members (excludes halogenated alkanes) is 1. The molecule has 0 amide bonds. The van der Waals surface area contributed by atoms with Crippen molar-refractivity contribution in [1.29, 1.82) is 0 Å². The molecule has 1 fully saturated rings. The van der Waals surface area contributed by atoms with E-state index in [2.05, 4.69) is 34.6 Å². The zero-order valence-electron chi connectivity index (χ0n) is 12.5. The van der Waals surface area contributed by atoms with Crippen molar-refractivity contribution >= 4 is 6.29 Å². The maximum absolute atomic E-state index is 10.7. The number of aldehydes is 1. The number of rotatable bonds is 5. The zero-order chi connectivity index (χ0) is 13.8. The Bertz CT molecular complexity index is 269. The van der Waals surface area contributed by atoms with Crippen LogP contribution < -0.4 is 0 Å². The number of carbonyl (C=O) groups is 1. The minimum absolute atomic E-state index is 0.00216. The molecule has 0 spiro atoms. The van der Waals surface area contributed by atoms with Gasteiger partial charge in [-0.3, -0.25) is 0 Å². The van der Waals surface area contributed by atoms with E-state index in [1.54, 1.807) is 0 Å². The van der Waals surface area contributed by atoms with Crippen LogP contribution in [0.1, 0.15) is 66.7 Å². The summed E-state index contributed by atoms with van der Waals surface area (Å²) in [6, 6.07) is 0. The normalized spacial score (nSPS) is 33.4. The van der Waals surface area contributed by atoms with Gasteiger partial charge >= 0.3 is 0 Å². The van der Waals surface area contributed by atoms with E-state index in [4.69, 9.17) is 9.47 Å². The summed E-state index contributed by atoms with van der Waals surface area (Å²) in [5.74, 6) is 0. The van der Waals surface area contributed by atoms with Crippen LogP contribution >= 0.6 is 0 Å². The van der Waals surface area contributed by atoms with Crippen molar-refractivity contribution in [2.24, 2.45) is 5.41 Å². The molecule has 18 heavy (non-hydrogen) atoms. The summed E-state index contributed by atoms with van der Waals surface area (Å²) >= 11 is 0. The predicted molar refractivity (Wildman–Crippen MR) is 72.4 cm³/mol. The average molecular weight is 256 g/mol. The maximum atomic E-state index is 10.7. The fourth-order valence-electron chi connectivity index (χ4n) is 2.38. The van der Waals surface area contributed by atoms with Gasteiger partial charge in [0.15, 0.2) is 6.29 Å². The molecule has 1 heterocycles. The second kappa shape index (κ2) is 6.16. The second-order valence-electron chi connectivity index (χ2n) is 6.73. The lowest BCUT2D eigenvalue weighted by Gasteiger charge is -2.46. The number of hydrogen-bond donors (Lipinski definition) is 0. The van der Waals surface area contributed by atoms with E-state index in [1.165, 1.54) is 6.42 Å². The van der Waals surface area contributed by atoms with Crippen LogP contribution in [-0.4, -0.2) is 24.3 Å². The third-order valence-electron chi connectivity index (χ3n) is 3.49. The van der Waals surface area contributed by atoms with Gasteiger partial charge in [-0.1, -0.05) is 40.5 Å². The smallest absolute Gasteiger partial charge is 0.163 e. The molecule has 0 aliphatic carbocycles. The van der Waals surface area contributed by atoms with E-state index < -0.39 is 0 Å². The first-order valence-corrected chi connectivity index (χ1v) is 7.07. The summed E-state index contributed by atoms with van der Waals surface area (Å²) in [7, 11) is 0. The lowest BCUT2D eigenvalue weighted by molar-refractivity contribution is -0.310. The fraction of sp³-hybridized carbons (Fsp3) is 0.933. The summed E-state index contributed by atoms with van der Waals surface area (Å²) in [4.78, 5) is 10.7. The number of carbonyl (C=O) groups excluding carboxylic acids is 1. The van der Waals surface area contributed by atoms with Gasteiger partial charge in [0, 0.05) is 18.3 Å². The van der Waals surface area contributed by atoms with Crippen LogP contribution in [0.4, 0.5) is 0 Å². The lowest BCUT2D eigenvalue weighted by atomic mass is 9.87. The Labute approximate surface area is 111 Å². The highest BCUT2D eigenvalue weighted by Gasteiger charge is 2.42. The van der Waals surface area contributed by atoms with Crippen molar-refractivity contribution in [3.63, 3.8) is 0 Å². The van der Waals surface area contributed by atoms with Crippen LogP contribution in [-0.2, 0) is 14.3 Å². The van der Waals surface area contributed by atoms with Gasteiger partial charge in [-0.05, 0) is 13.3 Å². The minimum Gasteiger partial charge on any atom is -0.348 e. The summed E-state index contributed by atoms with van der Waals surface area (Å²) in [5, 5.41) is 0. The Morgan fingerprint density at radius 2 is 2.06 bits per heavy atom. The topological polar surface area (TPSA) is 35.5 Å². The molecule has 0 aromatic carbocycles. The van der Waals surface area contributed by atoms with Gasteiger partial charge in [-0.2, -0.15) is 0 Å². The summed E-state index contributed by atoms with van der Waals surface area (Å²) in [6.45, 7) is 10.7. The molecule has 3 heteroatoms. The van der Waals surface area contributed by atoms with Gasteiger partial charge in [-0.25, -0.2) is 0 Å². The third kappa shape index (κ3) is 4.36. The molecule has 1 rings (SSSR count). The molecule has 3 atom stereocenters. The summed E-state index contributed by atoms with van der Waals surface area (Å²) in [5.41, 5.74) is -0.213. The molecule has 0 radical (unpaired) electrons. The van der Waals surface area contributed by atoms with E-state index in [-0.39, 0.29) is 23.4 Å². The van der Waals surface area contributed by atoms with E-state index in [0.717, 1.165) is 25.5 Å². The van der Waals surface area contributed by atoms with Crippen molar-refractivity contribution in [2.45, 2.75) is 84.7 Å². The standard InChI is InChI=1S/C15H28O3/c1-6-7-9-15(5)11-12(8-10-16)17-13(18-15)14(2,3)4/h10,12-13H,6-9,11H2,1-5H3/t12-,13-,15-/m1/s1. The van der Waals surface area contributed by atoms with Crippen LogP contribution in [0.15, 0.2) is 0 Å². The highest BCUT2D eigenvalue weighted by Crippen LogP contribution is 2.39. The van der Waals surface area contributed by atoms with Crippen LogP contribution in [0.2, 0.25) is 0 Å². The fourth-order valence-corrected chi connectivity index (χ4v) is 2.38. The summed E-state index contributed by atoms with van der Waals surface area (Å²) < 4.78 is 12.1. The van der Waals surface area contributed by atoms with Gasteiger partial charge < -0.3 is 14.3 Å². The van der Waals surface area contributed by atoms with E-state index in [1.807, 2.05) is 0 Å². The average Bonchev–Trinajstić information content (AvgIpc) is 2.25. The quantitative estimate of drug-likeness (QED) is 0.704. The molecule has 1 aliphatic rings. The van der Waals surface area contributed by atoms with Gasteiger partial charge in [0.1, 0.15) is 6.29 Å². The van der Waals surface area contributed by atoms with Gasteiger partial charge in [0.2, 0.25) is 0 Å². The van der Waals surface area contributed by atoms with Gasteiger partial charge in [0.25, 0.3) is 0 Å². The molecule has 0 N–H and O–H groups in total. The highest BCUT2D eigenvalue weighted by molar-refractivity contribution is 5.50. The molecule has 0 aromatic heterocycles. The first kappa shape index (κ1) is 15.6. The molecule has 106 valence electrons. The molecule has 3 nitrogen and oxygen atoms in total. The van der Waals surface area contributed by atoms with Crippen LogP contribution in [0.3, 0.4) is 0 Å². The first-order chi connectivity index (χ1) is 8.30. The zero-order valence-corrected chi connectivity index (χ0v) is 12.5. The highest BCUT2D eigenvalue weighted by atomic mass is 16.7. The maximum Gasteiger partial charge on any atom is 0.163 e. The SMILES string of the molecule is CCCC[C@]1(C)C[C@@H](CC=O)O[C@@H](C(C)(C)C)O1. The Hall–Kier alpha value is -0.410. The van der Waals surface area contributed by atoms with Gasteiger partial charge in [-0.15, -0.1) is 0 Å². The Kier molecular flexibility index (Phi) is 5.35. The molecule has 0 saturated carbocycles. The Morgan fingerprint density at radius 3 is 2.56 bits per heavy atom. The molecule has 0 aromatic rings. The monoisotopic (exact) mass is 256 g/mol. The summed E-state index contributed by atoms with van der Waals surface area (Å²) in [6.07, 6.45) is 5.38. The van der Waals surface area contributed by atoms with Crippen LogP contribution in [0.25, 0.3) is 0 Å². The third-order valence-corrected chi connectivity index (χ3v) is 3.49. The van der Waals surface area contributed by atoms with E-state index in [0.29, 0.717) is 6.42 Å². The van der Waals surface area contributed by atoms with Crippen molar-refractivity contribution < 1.29 is 14.3 Å². The Balaban J connectivity index is 2.76. The van der Waals surface area contributed by atoms with Crippen molar-refractivity contribution in [3.05, 3.63) is 0 Å². The van der Waals surface area contributed by atoms with Crippen LogP contribution in [0, 0.1) is 5.41 Å². The van der Waals surface area contributed by atoms with Crippen molar-refractivity contribution in [1.82, 2.24) is 0 Å². The number of hydrogen-bond acceptors (Lipinski definition) is 3. The first-order valence-electron chi connectivity index (χ1n) is 7.07. The predicted octanol–water partition coefficient (Wildman–Crippen LogP) is 3.70. The molecule has 0 unspecified atom stereocenters. The van der Waals surface area contributed by atoms with E-state index in [9.17, 15) is 4.79 Å². The Morgan fingerprint density at radius 1 is 1.39 bits per heavy atom. The molecule has 0 bridgehead atoms. The molecule has 1 aliphatic heterocycles. The van der Waals surface area contributed by atoms with Gasteiger partial charge in [0.05, 0.1) is 11.7 Å². The number of ether oxygens (including phenoxy) is 2. The molecular weight excluding hydrogens is 228 g/mol. The van der Waals surface area contributed by atoms with Crippen molar-refractivity contribution in [2.75, 3.05) is 0 Å². The lowest BCUT2D eigenvalue weighted by Crippen LogP contribution is -2.50. The second-order valence-corrected chi connectivity index (χ2v) is 6.73. The van der Waals surface area contributed by atoms with E-state index >= 15 is 0 Å². The van der Waals surface area contributed by atoms with Crippen LogP contribution in [0.5, 0.6) is 0 Å². The molecule has 1 saturated heterocycles. The largest absolute Gasteiger partial charge is 0.348 e. The van der Waals surface area contributed by atoms with Crippen molar-refractivity contribution in [3.8, 4) is 0 Å². The minimum atomic E-state index is -0.224.